The Balaban J connectivity index is 2.01. The fourth-order valence-corrected chi connectivity index (χ4v) is 1.84. The van der Waals surface area contributed by atoms with Crippen LogP contribution in [0.4, 0.5) is 11.5 Å². The van der Waals surface area contributed by atoms with E-state index in [0.717, 1.165) is 0 Å². The highest BCUT2D eigenvalue weighted by Crippen LogP contribution is 2.19. The van der Waals surface area contributed by atoms with Crippen molar-refractivity contribution in [1.29, 1.82) is 5.26 Å². The Kier molecular flexibility index (Phi) is 4.04. The van der Waals surface area contributed by atoms with Crippen molar-refractivity contribution in [3.05, 3.63) is 45.6 Å². The molecule has 8 nitrogen and oxygen atoms in total. The third-order valence-electron chi connectivity index (χ3n) is 2.88. The van der Waals surface area contributed by atoms with E-state index in [1.807, 2.05) is 6.07 Å². The Labute approximate surface area is 120 Å². The van der Waals surface area contributed by atoms with Crippen molar-refractivity contribution in [2.45, 2.75) is 13.5 Å². The summed E-state index contributed by atoms with van der Waals surface area (Å²) in [4.78, 5) is 10.2. The van der Waals surface area contributed by atoms with Crippen molar-refractivity contribution in [3.8, 4) is 11.8 Å². The molecule has 0 spiro atoms. The van der Waals surface area contributed by atoms with Gasteiger partial charge in [-0.25, -0.2) is 4.68 Å². The maximum Gasteiger partial charge on any atom is 0.273 e. The molecule has 8 heteroatoms. The number of aryl methyl sites for hydroxylation is 1. The van der Waals surface area contributed by atoms with Crippen LogP contribution in [-0.2, 0) is 6.54 Å². The molecule has 108 valence electrons. The first kappa shape index (κ1) is 14.3. The van der Waals surface area contributed by atoms with Crippen LogP contribution in [0.1, 0.15) is 11.3 Å². The van der Waals surface area contributed by atoms with Gasteiger partial charge >= 0.3 is 0 Å². The van der Waals surface area contributed by atoms with Gasteiger partial charge in [-0.05, 0) is 13.0 Å². The number of hydrogen-bond acceptors (Lipinski definition) is 6. The quantitative estimate of drug-likeness (QED) is 0.659. The maximum absolute atomic E-state index is 10.7. The zero-order valence-corrected chi connectivity index (χ0v) is 11.3. The number of nitrogens with two attached hydrogens (primary N) is 1. The second kappa shape index (κ2) is 5.92. The zero-order valence-electron chi connectivity index (χ0n) is 11.3. The molecule has 2 aromatic rings. The van der Waals surface area contributed by atoms with Crippen molar-refractivity contribution < 1.29 is 9.66 Å². The van der Waals surface area contributed by atoms with E-state index in [9.17, 15) is 10.1 Å². The molecule has 1 aromatic heterocycles. The lowest BCUT2D eigenvalue weighted by molar-refractivity contribution is -0.384. The van der Waals surface area contributed by atoms with E-state index < -0.39 is 4.92 Å². The minimum Gasteiger partial charge on any atom is -0.491 e. The lowest BCUT2D eigenvalue weighted by Gasteiger charge is -2.07. The number of rotatable bonds is 5. The van der Waals surface area contributed by atoms with Gasteiger partial charge in [0, 0.05) is 6.07 Å². The highest BCUT2D eigenvalue weighted by Gasteiger charge is 2.12. The molecule has 0 radical (unpaired) electrons. The molecule has 1 heterocycles. The number of aromatic nitrogens is 2. The number of nitrogen functional groups attached to an aromatic ring is 1. The predicted octanol–water partition coefficient (Wildman–Crippen LogP) is 1.63. The average Bonchev–Trinajstić information content (AvgIpc) is 2.73. The summed E-state index contributed by atoms with van der Waals surface area (Å²) in [5.74, 6) is 0.685. The number of hydrogen-bond donors (Lipinski definition) is 1. The van der Waals surface area contributed by atoms with Crippen molar-refractivity contribution in [2.75, 3.05) is 12.3 Å². The second-order valence-corrected chi connectivity index (χ2v) is 4.28. The van der Waals surface area contributed by atoms with Crippen LogP contribution in [0.15, 0.2) is 24.3 Å². The lowest BCUT2D eigenvalue weighted by Crippen LogP contribution is -2.12. The molecule has 0 bridgehead atoms. The van der Waals surface area contributed by atoms with Gasteiger partial charge in [-0.1, -0.05) is 6.07 Å². The summed E-state index contributed by atoms with van der Waals surface area (Å²) >= 11 is 0. The van der Waals surface area contributed by atoms with Gasteiger partial charge in [0.25, 0.3) is 5.69 Å². The monoisotopic (exact) mass is 287 g/mol. The van der Waals surface area contributed by atoms with Gasteiger partial charge in [0.15, 0.2) is 0 Å². The fourth-order valence-electron chi connectivity index (χ4n) is 1.84. The number of non-ortho nitro benzene ring substituents is 1. The molecule has 1 aromatic carbocycles. The number of anilines is 1. The highest BCUT2D eigenvalue weighted by molar-refractivity contribution is 5.51. The van der Waals surface area contributed by atoms with Crippen molar-refractivity contribution >= 4 is 11.5 Å². The largest absolute Gasteiger partial charge is 0.491 e. The molecule has 0 aliphatic rings. The summed E-state index contributed by atoms with van der Waals surface area (Å²) in [6.07, 6.45) is 0. The molecule has 0 atom stereocenters. The maximum atomic E-state index is 10.7. The normalized spacial score (nSPS) is 10.1. The third-order valence-corrected chi connectivity index (χ3v) is 2.88. The average molecular weight is 287 g/mol. The smallest absolute Gasteiger partial charge is 0.273 e. The van der Waals surface area contributed by atoms with Crippen LogP contribution in [0.3, 0.4) is 0 Å². The molecule has 2 rings (SSSR count). The first-order chi connectivity index (χ1) is 10.0. The summed E-state index contributed by atoms with van der Waals surface area (Å²) in [5.41, 5.74) is 6.67. The van der Waals surface area contributed by atoms with Crippen LogP contribution < -0.4 is 10.5 Å². The molecule has 0 aliphatic heterocycles. The van der Waals surface area contributed by atoms with Crippen LogP contribution in [0.25, 0.3) is 0 Å². The van der Waals surface area contributed by atoms with E-state index >= 15 is 0 Å². The van der Waals surface area contributed by atoms with Crippen molar-refractivity contribution in [2.24, 2.45) is 0 Å². The van der Waals surface area contributed by atoms with Crippen LogP contribution in [0, 0.1) is 28.4 Å². The predicted molar refractivity (Wildman–Crippen MR) is 74.7 cm³/mol. The van der Waals surface area contributed by atoms with Crippen LogP contribution in [0.5, 0.6) is 5.75 Å². The number of nitro groups is 1. The van der Waals surface area contributed by atoms with Crippen LogP contribution in [0.2, 0.25) is 0 Å². The van der Waals surface area contributed by atoms with Gasteiger partial charge in [-0.15, -0.1) is 0 Å². The number of benzene rings is 1. The van der Waals surface area contributed by atoms with E-state index in [1.165, 1.54) is 16.8 Å². The Bertz CT molecular complexity index is 717. The Morgan fingerprint density at radius 3 is 2.95 bits per heavy atom. The highest BCUT2D eigenvalue weighted by atomic mass is 16.6. The van der Waals surface area contributed by atoms with Crippen molar-refractivity contribution in [3.63, 3.8) is 0 Å². The zero-order chi connectivity index (χ0) is 15.4. The van der Waals surface area contributed by atoms with Gasteiger partial charge in [-0.3, -0.25) is 10.1 Å². The van der Waals surface area contributed by atoms with Gasteiger partial charge in [0.1, 0.15) is 29.8 Å². The summed E-state index contributed by atoms with van der Waals surface area (Å²) in [5, 5.41) is 23.7. The standard InChI is InChI=1S/C13H13N5O3/c1-9-12(8-14)13(15)17(16-9)5-6-21-11-4-2-3-10(7-11)18(19)20/h2-4,7H,5-6,15H2,1H3. The molecule has 0 saturated carbocycles. The number of nitriles is 1. The number of nitrogens with zero attached hydrogens (tertiary/aromatic N) is 4. The summed E-state index contributed by atoms with van der Waals surface area (Å²) < 4.78 is 6.91. The number of ether oxygens (including phenoxy) is 1. The summed E-state index contributed by atoms with van der Waals surface area (Å²) in [6.45, 7) is 2.28. The summed E-state index contributed by atoms with van der Waals surface area (Å²) in [6, 6.07) is 7.90. The van der Waals surface area contributed by atoms with E-state index in [-0.39, 0.29) is 18.1 Å². The van der Waals surface area contributed by atoms with Crippen LogP contribution >= 0.6 is 0 Å². The fraction of sp³-hybridized carbons (Fsp3) is 0.231. The van der Waals surface area contributed by atoms with E-state index in [1.54, 1.807) is 19.1 Å². The van der Waals surface area contributed by atoms with Crippen LogP contribution in [-0.4, -0.2) is 21.3 Å². The van der Waals surface area contributed by atoms with Gasteiger partial charge in [-0.2, -0.15) is 10.4 Å². The number of nitro benzene ring substituents is 1. The Morgan fingerprint density at radius 2 is 2.33 bits per heavy atom. The molecule has 0 unspecified atom stereocenters. The minimum atomic E-state index is -0.485. The lowest BCUT2D eigenvalue weighted by atomic mass is 10.3. The SMILES string of the molecule is Cc1nn(CCOc2cccc([N+](=O)[O-])c2)c(N)c1C#N. The molecule has 2 N–H and O–H groups in total. The molecular formula is C13H13N5O3. The van der Waals surface area contributed by atoms with Crippen molar-refractivity contribution in [1.82, 2.24) is 9.78 Å². The Hall–Kier alpha value is -3.08. The molecule has 0 saturated heterocycles. The topological polar surface area (TPSA) is 120 Å². The van der Waals surface area contributed by atoms with Gasteiger partial charge in [0.05, 0.1) is 23.2 Å². The molecule has 21 heavy (non-hydrogen) atoms. The molecule has 0 aliphatic carbocycles. The second-order valence-electron chi connectivity index (χ2n) is 4.28. The molecule has 0 fully saturated rings. The van der Waals surface area contributed by atoms with Gasteiger partial charge < -0.3 is 10.5 Å². The minimum absolute atomic E-state index is 0.0336. The molecule has 0 amide bonds. The van der Waals surface area contributed by atoms with E-state index in [4.69, 9.17) is 15.7 Å². The summed E-state index contributed by atoms with van der Waals surface area (Å²) in [7, 11) is 0. The third kappa shape index (κ3) is 3.09. The Morgan fingerprint density at radius 1 is 1.57 bits per heavy atom. The first-order valence-corrected chi connectivity index (χ1v) is 6.13. The first-order valence-electron chi connectivity index (χ1n) is 6.13. The van der Waals surface area contributed by atoms with E-state index in [2.05, 4.69) is 5.10 Å². The molecular weight excluding hydrogens is 274 g/mol. The van der Waals surface area contributed by atoms with E-state index in [0.29, 0.717) is 23.6 Å². The van der Waals surface area contributed by atoms with Gasteiger partial charge in [0.2, 0.25) is 0 Å².